The van der Waals surface area contributed by atoms with E-state index in [-0.39, 0.29) is 6.10 Å². The Balaban J connectivity index is 1.41. The lowest BCUT2D eigenvalue weighted by Gasteiger charge is -2.44. The highest BCUT2D eigenvalue weighted by Crippen LogP contribution is 2.60. The van der Waals surface area contributed by atoms with Crippen LogP contribution in [0.25, 0.3) is 0 Å². The van der Waals surface area contributed by atoms with Crippen LogP contribution in [-0.2, 0) is 14.3 Å². The number of carboxylic acid groups (broad SMARTS) is 1. The first kappa shape index (κ1) is 32.4. The number of allylic oxidation sites excluding steroid dienone is 4. The van der Waals surface area contributed by atoms with E-state index >= 15 is 0 Å². The monoisotopic (exact) mass is 576 g/mol. The van der Waals surface area contributed by atoms with E-state index in [0.29, 0.717) is 42.4 Å². The van der Waals surface area contributed by atoms with Gasteiger partial charge in [-0.05, 0) is 100 Å². The van der Waals surface area contributed by atoms with Crippen molar-refractivity contribution in [3.8, 4) is 0 Å². The second-order valence-electron chi connectivity index (χ2n) is 14.1. The summed E-state index contributed by atoms with van der Waals surface area (Å²) in [6.07, 6.45) is 7.16. The second kappa shape index (κ2) is 13.0. The molecule has 4 rings (SSSR count). The molecule has 232 valence electrons. The first-order valence-electron chi connectivity index (χ1n) is 15.6. The van der Waals surface area contributed by atoms with Crippen LogP contribution < -0.4 is 0 Å². The van der Waals surface area contributed by atoms with Crippen LogP contribution in [0.2, 0.25) is 0 Å². The van der Waals surface area contributed by atoms with Crippen molar-refractivity contribution in [1.82, 2.24) is 0 Å². The molecule has 0 amide bonds. The molecular weight excluding hydrogens is 524 g/mol. The van der Waals surface area contributed by atoms with Crippen molar-refractivity contribution in [3.05, 3.63) is 35.5 Å². The summed E-state index contributed by atoms with van der Waals surface area (Å²) in [7, 11) is 0. The predicted octanol–water partition coefficient (Wildman–Crippen LogP) is 4.65. The summed E-state index contributed by atoms with van der Waals surface area (Å²) < 4.78 is 11.3. The Bertz CT molecular complexity index is 1010. The van der Waals surface area contributed by atoms with Gasteiger partial charge in [-0.2, -0.15) is 0 Å². The van der Waals surface area contributed by atoms with Crippen LogP contribution in [0, 0.1) is 23.2 Å². The van der Waals surface area contributed by atoms with Crippen LogP contribution in [-0.4, -0.2) is 73.9 Å². The number of rotatable bonds is 9. The molecule has 3 aliphatic carbocycles. The molecule has 0 aromatic rings. The lowest BCUT2D eigenvalue weighted by molar-refractivity contribution is -0.304. The van der Waals surface area contributed by atoms with Gasteiger partial charge in [0.2, 0.25) is 0 Å². The van der Waals surface area contributed by atoms with E-state index in [2.05, 4.69) is 32.6 Å². The lowest BCUT2D eigenvalue weighted by atomic mass is 9.60. The summed E-state index contributed by atoms with van der Waals surface area (Å²) in [6.45, 7) is 13.0. The summed E-state index contributed by atoms with van der Waals surface area (Å²) in [6, 6.07) is 0. The molecule has 4 aliphatic rings. The number of fused-ring (bicyclic) bond motifs is 1. The van der Waals surface area contributed by atoms with E-state index in [9.17, 15) is 30.3 Å². The van der Waals surface area contributed by atoms with Crippen LogP contribution >= 0.6 is 0 Å². The maximum absolute atomic E-state index is 11.5. The van der Waals surface area contributed by atoms with Crippen LogP contribution in [0.4, 0.5) is 0 Å². The maximum Gasteiger partial charge on any atom is 0.335 e. The van der Waals surface area contributed by atoms with Gasteiger partial charge in [-0.3, -0.25) is 0 Å². The molecule has 8 nitrogen and oxygen atoms in total. The molecule has 10 unspecified atom stereocenters. The molecule has 0 aromatic heterocycles. The summed E-state index contributed by atoms with van der Waals surface area (Å²) in [5, 5.41) is 49.9. The van der Waals surface area contributed by atoms with Gasteiger partial charge in [-0.1, -0.05) is 56.6 Å². The smallest absolute Gasteiger partial charge is 0.335 e. The highest BCUT2D eigenvalue weighted by molar-refractivity contribution is 5.73. The summed E-state index contributed by atoms with van der Waals surface area (Å²) in [4.78, 5) is 11.5. The van der Waals surface area contributed by atoms with E-state index in [1.54, 1.807) is 0 Å². The molecule has 5 N–H and O–H groups in total. The van der Waals surface area contributed by atoms with Crippen molar-refractivity contribution in [1.29, 1.82) is 0 Å². The fourth-order valence-corrected chi connectivity index (χ4v) is 8.12. The quantitative estimate of drug-likeness (QED) is 0.268. The highest BCUT2D eigenvalue weighted by atomic mass is 16.7. The third-order valence-corrected chi connectivity index (χ3v) is 10.5. The van der Waals surface area contributed by atoms with E-state index in [1.165, 1.54) is 31.3 Å². The molecule has 0 spiro atoms. The average Bonchev–Trinajstić information content (AvgIpc) is 3.25. The van der Waals surface area contributed by atoms with Crippen LogP contribution in [0.1, 0.15) is 98.3 Å². The zero-order valence-electron chi connectivity index (χ0n) is 25.3. The zero-order chi connectivity index (χ0) is 30.1. The van der Waals surface area contributed by atoms with Crippen molar-refractivity contribution >= 4 is 5.97 Å². The SMILES string of the molecule is C=C1CCC(OC2OC(C(=O)O)C(O)C(O)C2O)CC1=CC=C1CCCC2(C)C1CCC2C(C)CCCC(C)(C)O. The number of hydrogen-bond donors (Lipinski definition) is 5. The molecule has 1 aliphatic heterocycles. The zero-order valence-corrected chi connectivity index (χ0v) is 25.3. The van der Waals surface area contributed by atoms with Crippen LogP contribution in [0.3, 0.4) is 0 Å². The minimum Gasteiger partial charge on any atom is -0.479 e. The van der Waals surface area contributed by atoms with Crippen molar-refractivity contribution in [3.63, 3.8) is 0 Å². The van der Waals surface area contributed by atoms with Gasteiger partial charge in [0.05, 0.1) is 11.7 Å². The Morgan fingerprint density at radius 3 is 2.56 bits per heavy atom. The normalized spacial score (nSPS) is 41.0. The van der Waals surface area contributed by atoms with Crippen LogP contribution in [0.5, 0.6) is 0 Å². The van der Waals surface area contributed by atoms with E-state index in [1.807, 2.05) is 13.8 Å². The van der Waals surface area contributed by atoms with E-state index in [4.69, 9.17) is 9.47 Å². The third kappa shape index (κ3) is 7.34. The molecule has 8 heteroatoms. The fraction of sp³-hybridized carbons (Fsp3) is 0.788. The summed E-state index contributed by atoms with van der Waals surface area (Å²) in [5.41, 5.74) is 3.34. The van der Waals surface area contributed by atoms with Crippen molar-refractivity contribution in [2.45, 2.75) is 141 Å². The highest BCUT2D eigenvalue weighted by Gasteiger charge is 2.51. The van der Waals surface area contributed by atoms with Gasteiger partial charge < -0.3 is 35.0 Å². The Morgan fingerprint density at radius 1 is 1.15 bits per heavy atom. The lowest BCUT2D eigenvalue weighted by Crippen LogP contribution is -2.60. The second-order valence-corrected chi connectivity index (χ2v) is 14.1. The number of aliphatic carboxylic acids is 1. The number of hydrogen-bond acceptors (Lipinski definition) is 7. The number of aliphatic hydroxyl groups is 4. The van der Waals surface area contributed by atoms with Crippen molar-refractivity contribution in [2.75, 3.05) is 0 Å². The largest absolute Gasteiger partial charge is 0.479 e. The maximum atomic E-state index is 11.5. The first-order valence-corrected chi connectivity index (χ1v) is 15.6. The minimum absolute atomic E-state index is 0.298. The van der Waals surface area contributed by atoms with Gasteiger partial charge in [0.25, 0.3) is 0 Å². The number of ether oxygens (including phenoxy) is 2. The predicted molar refractivity (Wildman–Crippen MR) is 156 cm³/mol. The molecule has 10 atom stereocenters. The molecular formula is C33H52O8. The van der Waals surface area contributed by atoms with Gasteiger partial charge in [0, 0.05) is 0 Å². The van der Waals surface area contributed by atoms with Gasteiger partial charge in [-0.25, -0.2) is 4.79 Å². The molecule has 41 heavy (non-hydrogen) atoms. The minimum atomic E-state index is -1.73. The molecule has 3 saturated carbocycles. The Hall–Kier alpha value is -1.55. The molecule has 0 radical (unpaired) electrons. The standard InChI is InChI=1S/C33H52O8/c1-19-10-13-23(40-31-28(36)26(34)27(35)29(41-31)30(37)38)18-22(19)12-11-21-9-7-17-33(5)24(14-15-25(21)33)20(2)8-6-16-32(3,4)39/h11-12,20,23-29,31,34-36,39H,1,6-10,13-18H2,2-5H3,(H,37,38). The van der Waals surface area contributed by atoms with E-state index in [0.717, 1.165) is 36.8 Å². The van der Waals surface area contributed by atoms with Gasteiger partial charge in [-0.15, -0.1) is 0 Å². The number of aliphatic hydroxyl groups excluding tert-OH is 3. The Kier molecular flexibility index (Phi) is 10.2. The fourth-order valence-electron chi connectivity index (χ4n) is 8.12. The summed E-state index contributed by atoms with van der Waals surface area (Å²) >= 11 is 0. The summed E-state index contributed by atoms with van der Waals surface area (Å²) in [5.74, 6) is 0.487. The Morgan fingerprint density at radius 2 is 1.88 bits per heavy atom. The molecule has 1 heterocycles. The van der Waals surface area contributed by atoms with Gasteiger partial charge in [0.15, 0.2) is 12.4 Å². The molecule has 1 saturated heterocycles. The van der Waals surface area contributed by atoms with Crippen LogP contribution in [0.15, 0.2) is 35.5 Å². The van der Waals surface area contributed by atoms with Crippen molar-refractivity contribution in [2.24, 2.45) is 23.2 Å². The van der Waals surface area contributed by atoms with E-state index < -0.39 is 42.3 Å². The van der Waals surface area contributed by atoms with Crippen molar-refractivity contribution < 1.29 is 39.8 Å². The third-order valence-electron chi connectivity index (χ3n) is 10.5. The molecule has 0 aromatic carbocycles. The number of carbonyl (C=O) groups is 1. The first-order chi connectivity index (χ1) is 19.2. The van der Waals surface area contributed by atoms with Gasteiger partial charge in [0.1, 0.15) is 18.3 Å². The molecule has 4 fully saturated rings. The van der Waals surface area contributed by atoms with Gasteiger partial charge >= 0.3 is 5.97 Å². The average molecular weight is 577 g/mol. The topological polar surface area (TPSA) is 137 Å². The number of carboxylic acids is 1. The Labute approximate surface area is 245 Å². The molecule has 0 bridgehead atoms.